The van der Waals surface area contributed by atoms with E-state index in [0.717, 1.165) is 0 Å². The molecule has 1 atom stereocenters. The fourth-order valence-corrected chi connectivity index (χ4v) is 1.52. The Labute approximate surface area is 132 Å². The standard InChI is InChI=1S/C15H23NO4.ClH/c1-4-19-15(18)12-5-7-14(8-6-12)20-10-13(17)9-16-11(2)3;/h5-8,11,13,16-17H,4,9-10H2,1-3H3;1H. The Kier molecular flexibility index (Phi) is 9.78. The van der Waals surface area contributed by atoms with E-state index in [4.69, 9.17) is 9.47 Å². The van der Waals surface area contributed by atoms with Crippen LogP contribution >= 0.6 is 12.4 Å². The first-order valence-corrected chi connectivity index (χ1v) is 6.84. The highest BCUT2D eigenvalue weighted by atomic mass is 35.5. The molecule has 0 radical (unpaired) electrons. The molecule has 0 aliphatic carbocycles. The molecule has 1 aromatic rings. The molecule has 21 heavy (non-hydrogen) atoms. The molecule has 0 bridgehead atoms. The van der Waals surface area contributed by atoms with Crippen molar-refractivity contribution in [2.45, 2.75) is 32.9 Å². The van der Waals surface area contributed by atoms with Crippen molar-refractivity contribution in [3.63, 3.8) is 0 Å². The van der Waals surface area contributed by atoms with Crippen molar-refractivity contribution in [1.82, 2.24) is 5.32 Å². The third-order valence-electron chi connectivity index (χ3n) is 2.57. The van der Waals surface area contributed by atoms with Gasteiger partial charge in [-0.25, -0.2) is 4.79 Å². The number of ether oxygens (including phenoxy) is 2. The van der Waals surface area contributed by atoms with Crippen LogP contribution in [0, 0.1) is 0 Å². The number of aliphatic hydroxyl groups excluding tert-OH is 1. The van der Waals surface area contributed by atoms with Crippen LogP contribution in [0.1, 0.15) is 31.1 Å². The summed E-state index contributed by atoms with van der Waals surface area (Å²) in [4.78, 5) is 11.5. The fraction of sp³-hybridized carbons (Fsp3) is 0.533. The van der Waals surface area contributed by atoms with E-state index in [1.165, 1.54) is 0 Å². The van der Waals surface area contributed by atoms with E-state index in [-0.39, 0.29) is 25.0 Å². The fourth-order valence-electron chi connectivity index (χ4n) is 1.52. The maximum Gasteiger partial charge on any atom is 0.338 e. The Balaban J connectivity index is 0.00000400. The number of carbonyl (C=O) groups is 1. The van der Waals surface area contributed by atoms with Gasteiger partial charge in [-0.3, -0.25) is 0 Å². The van der Waals surface area contributed by atoms with Gasteiger partial charge in [0.2, 0.25) is 0 Å². The van der Waals surface area contributed by atoms with Crippen LogP contribution in [-0.2, 0) is 4.74 Å². The van der Waals surface area contributed by atoms with Gasteiger partial charge in [-0.15, -0.1) is 12.4 Å². The second-order valence-electron chi connectivity index (χ2n) is 4.77. The van der Waals surface area contributed by atoms with E-state index in [0.29, 0.717) is 30.5 Å². The second-order valence-corrected chi connectivity index (χ2v) is 4.77. The van der Waals surface area contributed by atoms with Crippen molar-refractivity contribution < 1.29 is 19.4 Å². The van der Waals surface area contributed by atoms with Crippen LogP contribution < -0.4 is 10.1 Å². The molecule has 0 amide bonds. The summed E-state index contributed by atoms with van der Waals surface area (Å²) < 4.78 is 10.3. The molecule has 0 aliphatic heterocycles. The Bertz CT molecular complexity index is 409. The van der Waals surface area contributed by atoms with Crippen LogP contribution in [0.4, 0.5) is 0 Å². The summed E-state index contributed by atoms with van der Waals surface area (Å²) in [7, 11) is 0. The molecule has 120 valence electrons. The SMILES string of the molecule is CCOC(=O)c1ccc(OCC(O)CNC(C)C)cc1.Cl. The first kappa shape index (κ1) is 19.7. The minimum atomic E-state index is -0.567. The van der Waals surface area contributed by atoms with Crippen molar-refractivity contribution in [3.8, 4) is 5.75 Å². The lowest BCUT2D eigenvalue weighted by atomic mass is 10.2. The summed E-state index contributed by atoms with van der Waals surface area (Å²) in [6, 6.07) is 7.00. The van der Waals surface area contributed by atoms with Gasteiger partial charge in [0.1, 0.15) is 18.5 Å². The molecule has 1 unspecified atom stereocenters. The van der Waals surface area contributed by atoms with Gasteiger partial charge in [0.15, 0.2) is 0 Å². The number of halogens is 1. The number of hydrogen-bond donors (Lipinski definition) is 2. The van der Waals surface area contributed by atoms with Gasteiger partial charge in [0.05, 0.1) is 12.2 Å². The average Bonchev–Trinajstić information content (AvgIpc) is 2.43. The summed E-state index contributed by atoms with van der Waals surface area (Å²) in [6.07, 6.45) is -0.567. The molecule has 2 N–H and O–H groups in total. The lowest BCUT2D eigenvalue weighted by molar-refractivity contribution is 0.0526. The van der Waals surface area contributed by atoms with Gasteiger partial charge >= 0.3 is 5.97 Å². The first-order chi connectivity index (χ1) is 9.52. The highest BCUT2D eigenvalue weighted by Crippen LogP contribution is 2.13. The normalized spacial score (nSPS) is 11.7. The molecular weight excluding hydrogens is 294 g/mol. The largest absolute Gasteiger partial charge is 0.491 e. The third kappa shape index (κ3) is 7.90. The van der Waals surface area contributed by atoms with E-state index in [1.54, 1.807) is 31.2 Å². The Morgan fingerprint density at radius 1 is 1.29 bits per heavy atom. The van der Waals surface area contributed by atoms with Crippen molar-refractivity contribution in [3.05, 3.63) is 29.8 Å². The quantitative estimate of drug-likeness (QED) is 0.718. The van der Waals surface area contributed by atoms with Crippen LogP contribution in [0.3, 0.4) is 0 Å². The zero-order valence-electron chi connectivity index (χ0n) is 12.7. The van der Waals surface area contributed by atoms with Gasteiger partial charge in [0.25, 0.3) is 0 Å². The Hall–Kier alpha value is -1.30. The maximum atomic E-state index is 11.5. The molecule has 0 saturated heterocycles. The summed E-state index contributed by atoms with van der Waals surface area (Å²) in [5.74, 6) is 0.266. The molecule has 0 spiro atoms. The topological polar surface area (TPSA) is 67.8 Å². The summed E-state index contributed by atoms with van der Waals surface area (Å²) in [6.45, 7) is 6.84. The summed E-state index contributed by atoms with van der Waals surface area (Å²) >= 11 is 0. The number of carbonyl (C=O) groups excluding carboxylic acids is 1. The van der Waals surface area contributed by atoms with Crippen molar-refractivity contribution in [1.29, 1.82) is 0 Å². The van der Waals surface area contributed by atoms with Crippen LogP contribution in [0.5, 0.6) is 5.75 Å². The van der Waals surface area contributed by atoms with E-state index >= 15 is 0 Å². The highest BCUT2D eigenvalue weighted by molar-refractivity contribution is 5.89. The van der Waals surface area contributed by atoms with Gasteiger partial charge < -0.3 is 19.9 Å². The Morgan fingerprint density at radius 3 is 2.43 bits per heavy atom. The number of aliphatic hydroxyl groups is 1. The minimum Gasteiger partial charge on any atom is -0.491 e. The van der Waals surface area contributed by atoms with E-state index < -0.39 is 6.10 Å². The summed E-state index contributed by atoms with van der Waals surface area (Å²) in [5, 5.41) is 12.8. The van der Waals surface area contributed by atoms with Crippen molar-refractivity contribution >= 4 is 18.4 Å². The van der Waals surface area contributed by atoms with Crippen LogP contribution in [-0.4, -0.2) is 43.0 Å². The van der Waals surface area contributed by atoms with Crippen LogP contribution in [0.15, 0.2) is 24.3 Å². The predicted molar refractivity (Wildman–Crippen MR) is 84.3 cm³/mol. The van der Waals surface area contributed by atoms with Gasteiger partial charge in [-0.05, 0) is 31.2 Å². The number of hydrogen-bond acceptors (Lipinski definition) is 5. The molecule has 1 aromatic carbocycles. The minimum absolute atomic E-state index is 0. The van der Waals surface area contributed by atoms with Gasteiger partial charge in [-0.2, -0.15) is 0 Å². The lowest BCUT2D eigenvalue weighted by Crippen LogP contribution is -2.35. The maximum absolute atomic E-state index is 11.5. The van der Waals surface area contributed by atoms with Crippen molar-refractivity contribution in [2.75, 3.05) is 19.8 Å². The first-order valence-electron chi connectivity index (χ1n) is 6.84. The zero-order valence-corrected chi connectivity index (χ0v) is 13.5. The van der Waals surface area contributed by atoms with E-state index in [2.05, 4.69) is 5.32 Å². The summed E-state index contributed by atoms with van der Waals surface area (Å²) in [5.41, 5.74) is 0.487. The molecule has 0 saturated carbocycles. The number of esters is 1. The van der Waals surface area contributed by atoms with Crippen molar-refractivity contribution in [2.24, 2.45) is 0 Å². The molecule has 0 aliphatic rings. The Morgan fingerprint density at radius 2 is 1.90 bits per heavy atom. The predicted octanol–water partition coefficient (Wildman–Crippen LogP) is 2.02. The highest BCUT2D eigenvalue weighted by Gasteiger charge is 2.08. The molecule has 0 fully saturated rings. The van der Waals surface area contributed by atoms with E-state index in [9.17, 15) is 9.90 Å². The van der Waals surface area contributed by atoms with Gasteiger partial charge in [0, 0.05) is 12.6 Å². The van der Waals surface area contributed by atoms with Gasteiger partial charge in [-0.1, -0.05) is 13.8 Å². The average molecular weight is 318 g/mol. The van der Waals surface area contributed by atoms with E-state index in [1.807, 2.05) is 13.8 Å². The molecule has 1 rings (SSSR count). The molecule has 6 heteroatoms. The molecule has 5 nitrogen and oxygen atoms in total. The van der Waals surface area contributed by atoms with Crippen LogP contribution in [0.25, 0.3) is 0 Å². The van der Waals surface area contributed by atoms with Crippen LogP contribution in [0.2, 0.25) is 0 Å². The number of benzene rings is 1. The molecule has 0 heterocycles. The molecular formula is C15H24ClNO4. The lowest BCUT2D eigenvalue weighted by Gasteiger charge is -2.15. The monoisotopic (exact) mass is 317 g/mol. The zero-order chi connectivity index (χ0) is 15.0. The third-order valence-corrected chi connectivity index (χ3v) is 2.57. The smallest absolute Gasteiger partial charge is 0.338 e. The number of rotatable bonds is 8. The second kappa shape index (κ2) is 10.4. The number of nitrogens with one attached hydrogen (secondary N) is 1. The molecule has 0 aromatic heterocycles.